The molecule has 2 unspecified atom stereocenters. The fourth-order valence-electron chi connectivity index (χ4n) is 3.33. The van der Waals surface area contributed by atoms with Crippen LogP contribution in [0.3, 0.4) is 0 Å². The van der Waals surface area contributed by atoms with E-state index in [2.05, 4.69) is 15.0 Å². The Morgan fingerprint density at radius 2 is 2.28 bits per heavy atom. The normalized spacial score (nSPS) is 29.3. The van der Waals surface area contributed by atoms with Gasteiger partial charge in [-0.3, -0.25) is 9.69 Å². The summed E-state index contributed by atoms with van der Waals surface area (Å²) in [7, 11) is 0. The molecule has 5 nitrogen and oxygen atoms in total. The van der Waals surface area contributed by atoms with Crippen LogP contribution in [0, 0.1) is 12.8 Å². The van der Waals surface area contributed by atoms with Gasteiger partial charge >= 0.3 is 0 Å². The fourth-order valence-corrected chi connectivity index (χ4v) is 3.33. The second-order valence-electron chi connectivity index (χ2n) is 5.38. The Morgan fingerprint density at radius 1 is 1.39 bits per heavy atom. The van der Waals surface area contributed by atoms with Gasteiger partial charge in [-0.25, -0.2) is 0 Å². The SMILES string of the molecule is Cc1noc(CN2CCCC2C2CCCC2=O)n1. The van der Waals surface area contributed by atoms with Gasteiger partial charge in [-0.15, -0.1) is 0 Å². The summed E-state index contributed by atoms with van der Waals surface area (Å²) < 4.78 is 5.18. The van der Waals surface area contributed by atoms with Crippen molar-refractivity contribution in [3.8, 4) is 0 Å². The van der Waals surface area contributed by atoms with Crippen molar-refractivity contribution in [1.29, 1.82) is 0 Å². The van der Waals surface area contributed by atoms with Crippen molar-refractivity contribution in [3.63, 3.8) is 0 Å². The Morgan fingerprint density at radius 3 is 2.94 bits per heavy atom. The molecule has 1 saturated heterocycles. The van der Waals surface area contributed by atoms with Gasteiger partial charge in [-0.1, -0.05) is 5.16 Å². The van der Waals surface area contributed by atoms with E-state index in [4.69, 9.17) is 4.52 Å². The van der Waals surface area contributed by atoms with Gasteiger partial charge in [-0.05, 0) is 39.2 Å². The summed E-state index contributed by atoms with van der Waals surface area (Å²) in [6, 6.07) is 0.396. The maximum absolute atomic E-state index is 11.9. The lowest BCUT2D eigenvalue weighted by Crippen LogP contribution is -2.37. The molecule has 0 aromatic carbocycles. The number of carbonyl (C=O) groups excluding carboxylic acids is 1. The highest BCUT2D eigenvalue weighted by Gasteiger charge is 2.38. The minimum absolute atomic E-state index is 0.247. The van der Waals surface area contributed by atoms with E-state index in [1.807, 2.05) is 6.92 Å². The van der Waals surface area contributed by atoms with Gasteiger partial charge in [-0.2, -0.15) is 4.98 Å². The molecule has 2 heterocycles. The number of aromatic nitrogens is 2. The summed E-state index contributed by atoms with van der Waals surface area (Å²) in [6.45, 7) is 3.56. The topological polar surface area (TPSA) is 59.2 Å². The Hall–Kier alpha value is -1.23. The molecule has 1 aromatic heterocycles. The van der Waals surface area contributed by atoms with E-state index in [0.29, 0.717) is 30.1 Å². The van der Waals surface area contributed by atoms with E-state index in [9.17, 15) is 4.79 Å². The lowest BCUT2D eigenvalue weighted by Gasteiger charge is -2.27. The first-order valence-corrected chi connectivity index (χ1v) is 6.80. The van der Waals surface area contributed by atoms with Gasteiger partial charge in [0.05, 0.1) is 6.54 Å². The third-order valence-electron chi connectivity index (χ3n) is 4.14. The first-order chi connectivity index (χ1) is 8.74. The van der Waals surface area contributed by atoms with Crippen molar-refractivity contribution >= 4 is 5.78 Å². The van der Waals surface area contributed by atoms with Gasteiger partial charge in [0.25, 0.3) is 0 Å². The van der Waals surface area contributed by atoms with Crippen LogP contribution in [0.25, 0.3) is 0 Å². The van der Waals surface area contributed by atoms with Crippen LogP contribution in [0.15, 0.2) is 4.52 Å². The quantitative estimate of drug-likeness (QED) is 0.816. The lowest BCUT2D eigenvalue weighted by atomic mass is 9.95. The van der Waals surface area contributed by atoms with Gasteiger partial charge < -0.3 is 4.52 Å². The number of aryl methyl sites for hydroxylation is 1. The number of carbonyl (C=O) groups is 1. The largest absolute Gasteiger partial charge is 0.338 e. The van der Waals surface area contributed by atoms with Crippen molar-refractivity contribution < 1.29 is 9.32 Å². The van der Waals surface area contributed by atoms with E-state index in [1.165, 1.54) is 6.42 Å². The van der Waals surface area contributed by atoms with Crippen LogP contribution >= 0.6 is 0 Å². The second-order valence-corrected chi connectivity index (χ2v) is 5.38. The van der Waals surface area contributed by atoms with Crippen LogP contribution in [-0.4, -0.2) is 33.4 Å². The van der Waals surface area contributed by atoms with Crippen LogP contribution in [0.5, 0.6) is 0 Å². The Balaban J connectivity index is 1.69. The lowest BCUT2D eigenvalue weighted by molar-refractivity contribution is -0.122. The van der Waals surface area contributed by atoms with E-state index in [0.717, 1.165) is 32.2 Å². The molecule has 0 N–H and O–H groups in total. The average molecular weight is 249 g/mol. The van der Waals surface area contributed by atoms with E-state index in [-0.39, 0.29) is 5.92 Å². The molecular weight excluding hydrogens is 230 g/mol. The number of Topliss-reactive ketones (excluding diaryl/α,β-unsaturated/α-hetero) is 1. The van der Waals surface area contributed by atoms with Crippen LogP contribution < -0.4 is 0 Å². The average Bonchev–Trinajstić information content (AvgIpc) is 3.02. The molecule has 2 atom stereocenters. The van der Waals surface area contributed by atoms with E-state index < -0.39 is 0 Å². The molecule has 3 rings (SSSR count). The molecule has 0 radical (unpaired) electrons. The van der Waals surface area contributed by atoms with Crippen molar-refractivity contribution in [2.45, 2.75) is 51.6 Å². The molecule has 1 aliphatic carbocycles. The van der Waals surface area contributed by atoms with Gasteiger partial charge in [0.15, 0.2) is 5.82 Å². The molecule has 0 bridgehead atoms. The molecule has 0 amide bonds. The summed E-state index contributed by atoms with van der Waals surface area (Å²) in [5, 5.41) is 3.82. The number of rotatable bonds is 3. The second kappa shape index (κ2) is 4.80. The first-order valence-electron chi connectivity index (χ1n) is 6.80. The Bertz CT molecular complexity index is 443. The number of hydrogen-bond acceptors (Lipinski definition) is 5. The molecule has 0 spiro atoms. The molecule has 2 aliphatic rings. The fraction of sp³-hybridized carbons (Fsp3) is 0.769. The summed E-state index contributed by atoms with van der Waals surface area (Å²) in [6.07, 6.45) is 5.19. The predicted octanol–water partition coefficient (Wildman–Crippen LogP) is 1.71. The van der Waals surface area contributed by atoms with Crippen molar-refractivity contribution in [2.75, 3.05) is 6.54 Å². The van der Waals surface area contributed by atoms with Crippen LogP contribution in [0.1, 0.15) is 43.8 Å². The number of hydrogen-bond donors (Lipinski definition) is 0. The van der Waals surface area contributed by atoms with E-state index >= 15 is 0 Å². The highest BCUT2D eigenvalue weighted by atomic mass is 16.5. The molecule has 1 saturated carbocycles. The highest BCUT2D eigenvalue weighted by molar-refractivity contribution is 5.83. The molecular formula is C13H19N3O2. The van der Waals surface area contributed by atoms with Crippen LogP contribution in [0.4, 0.5) is 0 Å². The Kier molecular flexibility index (Phi) is 3.16. The smallest absolute Gasteiger partial charge is 0.240 e. The van der Waals surface area contributed by atoms with Crippen molar-refractivity contribution in [1.82, 2.24) is 15.0 Å². The summed E-state index contributed by atoms with van der Waals surface area (Å²) in [4.78, 5) is 18.5. The zero-order valence-corrected chi connectivity index (χ0v) is 10.8. The van der Waals surface area contributed by atoms with Gasteiger partial charge in [0.2, 0.25) is 5.89 Å². The zero-order chi connectivity index (χ0) is 12.5. The summed E-state index contributed by atoms with van der Waals surface area (Å²) in [5.41, 5.74) is 0. The van der Waals surface area contributed by atoms with Crippen LogP contribution in [0.2, 0.25) is 0 Å². The monoisotopic (exact) mass is 249 g/mol. The molecule has 18 heavy (non-hydrogen) atoms. The van der Waals surface area contributed by atoms with Crippen molar-refractivity contribution in [3.05, 3.63) is 11.7 Å². The maximum Gasteiger partial charge on any atom is 0.240 e. The standard InChI is InChI=1S/C13H19N3O2/c1-9-14-13(18-15-9)8-16-7-3-5-11(16)10-4-2-6-12(10)17/h10-11H,2-8H2,1H3. The Labute approximate surface area is 107 Å². The van der Waals surface area contributed by atoms with Gasteiger partial charge in [0, 0.05) is 18.4 Å². The number of ketones is 1. The number of likely N-dealkylation sites (tertiary alicyclic amines) is 1. The molecule has 1 aromatic rings. The number of nitrogens with zero attached hydrogens (tertiary/aromatic N) is 3. The minimum Gasteiger partial charge on any atom is -0.338 e. The maximum atomic E-state index is 11.9. The molecule has 2 fully saturated rings. The molecule has 98 valence electrons. The summed E-state index contributed by atoms with van der Waals surface area (Å²) >= 11 is 0. The molecule has 1 aliphatic heterocycles. The van der Waals surface area contributed by atoms with Gasteiger partial charge in [0.1, 0.15) is 5.78 Å². The summed E-state index contributed by atoms with van der Waals surface area (Å²) in [5.74, 6) is 2.05. The third kappa shape index (κ3) is 2.19. The minimum atomic E-state index is 0.247. The molecule has 5 heteroatoms. The van der Waals surface area contributed by atoms with Crippen LogP contribution in [-0.2, 0) is 11.3 Å². The zero-order valence-electron chi connectivity index (χ0n) is 10.8. The third-order valence-corrected chi connectivity index (χ3v) is 4.14. The predicted molar refractivity (Wildman–Crippen MR) is 64.8 cm³/mol. The highest BCUT2D eigenvalue weighted by Crippen LogP contribution is 2.33. The van der Waals surface area contributed by atoms with E-state index in [1.54, 1.807) is 0 Å². The van der Waals surface area contributed by atoms with Crippen molar-refractivity contribution in [2.24, 2.45) is 5.92 Å². The first kappa shape index (κ1) is 11.8.